The van der Waals surface area contributed by atoms with Gasteiger partial charge >= 0.3 is 33.0 Å². The van der Waals surface area contributed by atoms with E-state index < -0.39 is 147 Å². The first-order valence-corrected chi connectivity index (χ1v) is 32.6. The van der Waals surface area contributed by atoms with Gasteiger partial charge < -0.3 is 116 Å². The van der Waals surface area contributed by atoms with Crippen LogP contribution in [0.2, 0.25) is 0 Å². The van der Waals surface area contributed by atoms with Crippen LogP contribution in [-0.4, -0.2) is 248 Å². The van der Waals surface area contributed by atoms with E-state index in [4.69, 9.17) is 75.2 Å². The van der Waals surface area contributed by atoms with Crippen molar-refractivity contribution in [3.05, 3.63) is 0 Å². The minimum Gasteiger partial charge on any atom is -0.394 e. The van der Waals surface area contributed by atoms with E-state index in [-0.39, 0.29) is 197 Å². The molecule has 486 valence electrons. The quantitative estimate of drug-likeness (QED) is 0.0303. The van der Waals surface area contributed by atoms with Crippen molar-refractivity contribution in [3.63, 3.8) is 0 Å². The summed E-state index contributed by atoms with van der Waals surface area (Å²) in [5.74, 6) is -1.13. The zero-order chi connectivity index (χ0) is 60.0. The summed E-state index contributed by atoms with van der Waals surface area (Å²) in [5.41, 5.74) is 0. The second-order valence-corrected chi connectivity index (χ2v) is 24.1. The number of carbonyl (C=O) groups excluding carboxylic acids is 1. The molecule has 0 aromatic heterocycles. The third-order valence-electron chi connectivity index (χ3n) is 11.2. The normalized spacial score (nSPS) is 24.6. The van der Waals surface area contributed by atoms with Gasteiger partial charge in [0, 0.05) is 163 Å². The number of ether oxygens (including phenoxy) is 5. The first kappa shape index (κ1) is 96.0. The molecule has 16 atom stereocenters. The first-order chi connectivity index (χ1) is 37.5. The molecular formula is C44H95N2O28P5Y4. The van der Waals surface area contributed by atoms with Gasteiger partial charge in [-0.25, -0.2) is 0 Å². The molecular weight excluding hydrogens is 1510 g/mol. The predicted molar refractivity (Wildman–Crippen MR) is 288 cm³/mol. The smallest absolute Gasteiger partial charge is 0.319 e. The molecule has 2 rings (SSSR count). The molecule has 30 nitrogen and oxygen atoms in total. The van der Waals surface area contributed by atoms with E-state index in [9.17, 15) is 53.7 Å². The maximum atomic E-state index is 12.4. The van der Waals surface area contributed by atoms with Crippen molar-refractivity contribution in [2.75, 3.05) is 106 Å². The van der Waals surface area contributed by atoms with E-state index in [0.717, 1.165) is 12.8 Å². The fraction of sp³-hybridized carbons (Fsp3) is 0.977. The number of amides is 1. The Kier molecular flexibility index (Phi) is 68.0. The Morgan fingerprint density at radius 2 is 1.06 bits per heavy atom. The molecule has 16 unspecified atom stereocenters. The Hall–Kier alpha value is 4.28. The van der Waals surface area contributed by atoms with Crippen LogP contribution in [0.5, 0.6) is 0 Å². The predicted octanol–water partition coefficient (Wildman–Crippen LogP) is 1.10. The maximum absolute atomic E-state index is 12.4. The van der Waals surface area contributed by atoms with Crippen LogP contribution in [0.1, 0.15) is 81.1 Å². The number of hydrogen-bond acceptors (Lipinski definition) is 29. The molecule has 0 aliphatic carbocycles. The van der Waals surface area contributed by atoms with Crippen molar-refractivity contribution < 1.29 is 264 Å². The SMILES string of the molecule is CCC(CC)OCCOP(C)N(C(C)C)C(C)C.CO[PH](=O)OCCO[PH](=O)OC(CO[PH](=O)OCCCOC1OC(CO)C(O)C(O)C1C)CO[PH](=O)OCCCOC1OC(CO)C(O)C(O)C1NC(C)=O.OCC(O)CO.[Y].[Y].[Y].[Y]. The van der Waals surface area contributed by atoms with Gasteiger partial charge in [0.1, 0.15) is 57.1 Å². The van der Waals surface area contributed by atoms with Gasteiger partial charge in [0.05, 0.1) is 105 Å². The summed E-state index contributed by atoms with van der Waals surface area (Å²) < 4.78 is 125. The second kappa shape index (κ2) is 58.8. The third-order valence-corrected chi connectivity index (χ3v) is 16.7. The van der Waals surface area contributed by atoms with E-state index in [1.807, 2.05) is 0 Å². The molecule has 0 spiro atoms. The van der Waals surface area contributed by atoms with E-state index >= 15 is 0 Å². The molecule has 0 bridgehead atoms. The van der Waals surface area contributed by atoms with E-state index in [1.165, 1.54) is 14.0 Å². The summed E-state index contributed by atoms with van der Waals surface area (Å²) >= 11 is 0. The molecule has 39 heteroatoms. The number of nitrogens with one attached hydrogen (secondary N) is 1. The van der Waals surface area contributed by atoms with Gasteiger partial charge in [-0.2, -0.15) is 0 Å². The summed E-state index contributed by atoms with van der Waals surface area (Å²) in [6.45, 7) is 15.8. The molecule has 83 heavy (non-hydrogen) atoms. The maximum Gasteiger partial charge on any atom is 0.319 e. The molecule has 2 saturated heterocycles. The Balaban J connectivity index is -0.000000605. The summed E-state index contributed by atoms with van der Waals surface area (Å²) in [7, 11) is -11.7. The monoisotopic (exact) mass is 1610 g/mol. The summed E-state index contributed by atoms with van der Waals surface area (Å²) in [4.78, 5) is 11.6. The Morgan fingerprint density at radius 3 is 1.48 bits per heavy atom. The number of aliphatic hydroxyl groups excluding tert-OH is 9. The van der Waals surface area contributed by atoms with Crippen LogP contribution >= 0.6 is 41.3 Å². The summed E-state index contributed by atoms with van der Waals surface area (Å²) in [5, 5.41) is 85.7. The molecule has 0 aromatic carbocycles. The minimum atomic E-state index is -3.26. The summed E-state index contributed by atoms with van der Waals surface area (Å²) in [6.07, 6.45) is -9.12. The first-order valence-electron chi connectivity index (χ1n) is 26.0. The van der Waals surface area contributed by atoms with Crippen LogP contribution in [0, 0.1) is 5.92 Å². The topological polar surface area (TPSA) is 412 Å². The zero-order valence-corrected chi connectivity index (χ0v) is 65.6. The van der Waals surface area contributed by atoms with Gasteiger partial charge in [-0.15, -0.1) is 0 Å². The van der Waals surface area contributed by atoms with Crippen molar-refractivity contribution in [2.24, 2.45) is 5.92 Å². The number of rotatable bonds is 41. The fourth-order valence-corrected chi connectivity index (χ4v) is 11.4. The van der Waals surface area contributed by atoms with Gasteiger partial charge in [0.15, 0.2) is 12.6 Å². The number of carbonyl (C=O) groups is 1. The van der Waals surface area contributed by atoms with Crippen molar-refractivity contribution in [1.29, 1.82) is 0 Å². The fourth-order valence-electron chi connectivity index (χ4n) is 7.13. The molecule has 2 fully saturated rings. The molecule has 4 radical (unpaired) electrons. The van der Waals surface area contributed by atoms with E-state index in [2.05, 4.69) is 62.7 Å². The third kappa shape index (κ3) is 43.8. The summed E-state index contributed by atoms with van der Waals surface area (Å²) in [6, 6.07) is -0.0893. The Morgan fingerprint density at radius 1 is 0.614 bits per heavy atom. The second-order valence-electron chi connectivity index (χ2n) is 18.1. The van der Waals surface area contributed by atoms with Gasteiger partial charge in [0.2, 0.25) is 5.91 Å². The van der Waals surface area contributed by atoms with Crippen LogP contribution in [-0.2, 0) is 218 Å². The van der Waals surface area contributed by atoms with Crippen LogP contribution < -0.4 is 5.32 Å². The van der Waals surface area contributed by atoms with Crippen molar-refractivity contribution in [1.82, 2.24) is 9.99 Å². The van der Waals surface area contributed by atoms with Gasteiger partial charge in [-0.3, -0.25) is 27.7 Å². The van der Waals surface area contributed by atoms with Crippen molar-refractivity contribution in [2.45, 2.75) is 167 Å². The number of nitrogens with zero attached hydrogens (tertiary/aromatic N) is 1. The zero-order valence-electron chi connectivity index (χ0n) is 49.4. The van der Waals surface area contributed by atoms with Crippen LogP contribution in [0.15, 0.2) is 0 Å². The molecule has 2 aliphatic rings. The molecule has 0 aromatic rings. The molecule has 2 aliphatic heterocycles. The van der Waals surface area contributed by atoms with Crippen molar-refractivity contribution in [3.8, 4) is 0 Å². The van der Waals surface area contributed by atoms with Gasteiger partial charge in [0.25, 0.3) is 0 Å². The van der Waals surface area contributed by atoms with E-state index in [0.29, 0.717) is 31.4 Å². The molecule has 2 heterocycles. The van der Waals surface area contributed by atoms with Gasteiger partial charge in [-0.1, -0.05) is 20.8 Å². The molecule has 10 N–H and O–H groups in total. The number of aliphatic hydroxyl groups is 9. The minimum absolute atomic E-state index is 0. The van der Waals surface area contributed by atoms with Crippen LogP contribution in [0.25, 0.3) is 0 Å². The largest absolute Gasteiger partial charge is 0.394 e. The average molecular weight is 1610 g/mol. The van der Waals surface area contributed by atoms with E-state index in [1.54, 1.807) is 6.92 Å². The van der Waals surface area contributed by atoms with Crippen LogP contribution in [0.3, 0.4) is 0 Å². The Labute approximate surface area is 593 Å². The average Bonchev–Trinajstić information content (AvgIpc) is 3.42. The van der Waals surface area contributed by atoms with Crippen molar-refractivity contribution >= 4 is 47.2 Å². The molecule has 1 amide bonds. The standard InChI is InChI=1S/C27H55NO23P4.C14H32NO2P.C3H8O3.4Y/c1-16-22(32)23(33)19(12-29)49-26(16)41-6-4-8-43-53(37)47-14-18(51-55(39)46-11-10-45-52(36)40-3)15-48-54(38)44-9-5-7-42-27-21(28-17(2)31)25(35)24(34)20(13-30)50-27;1-8-14(9-2)16-10-11-17-18(7)15(12(3)4)13(5)6;4-1-3(6)2-5;;;;/h16,18-27,29-30,32-35,52-55H,4-15H2,1-3H3,(H,28,31);12-14H,8-11H2,1-7H3;3-6H,1-2H2;;;;. The number of hydrogen-bond donors (Lipinski definition) is 10. The molecule has 0 saturated carbocycles. The Bertz CT molecular complexity index is 1650. The van der Waals surface area contributed by atoms with Crippen LogP contribution in [0.4, 0.5) is 0 Å². The van der Waals surface area contributed by atoms with Gasteiger partial charge in [-0.05, 0) is 60.0 Å².